The van der Waals surface area contributed by atoms with Crippen LogP contribution in [0.15, 0.2) is 54.6 Å². The van der Waals surface area contributed by atoms with Crippen molar-refractivity contribution in [2.24, 2.45) is 0 Å². The van der Waals surface area contributed by atoms with Crippen molar-refractivity contribution in [1.82, 2.24) is 0 Å². The molecule has 0 saturated heterocycles. The van der Waals surface area contributed by atoms with Gasteiger partial charge in [0.1, 0.15) is 11.4 Å². The van der Waals surface area contributed by atoms with Gasteiger partial charge in [-0.1, -0.05) is 23.7 Å². The van der Waals surface area contributed by atoms with Gasteiger partial charge in [0.05, 0.1) is 31.2 Å². The Hall–Kier alpha value is -3.32. The van der Waals surface area contributed by atoms with Gasteiger partial charge < -0.3 is 20.1 Å². The highest BCUT2D eigenvalue weighted by Gasteiger charge is 2.41. The zero-order chi connectivity index (χ0) is 22.2. The third-order valence-corrected chi connectivity index (χ3v) is 5.46. The molecule has 0 fully saturated rings. The number of rotatable bonds is 5. The number of carbonyl (C=O) groups is 1. The SMILES string of the molecule is COC(=O)c1ccc(CC2(c3ccc(Cl)cc3OC)Nc3cc(F)c(F)cc3N2)cc1. The van der Waals surface area contributed by atoms with E-state index in [1.165, 1.54) is 14.2 Å². The Morgan fingerprint density at radius 3 is 2.13 bits per heavy atom. The minimum atomic E-state index is -0.981. The van der Waals surface area contributed by atoms with E-state index >= 15 is 0 Å². The lowest BCUT2D eigenvalue weighted by Crippen LogP contribution is -2.41. The number of ether oxygens (including phenoxy) is 2. The summed E-state index contributed by atoms with van der Waals surface area (Å²) in [6, 6.07) is 14.3. The van der Waals surface area contributed by atoms with Crippen LogP contribution in [0.5, 0.6) is 5.75 Å². The van der Waals surface area contributed by atoms with Gasteiger partial charge in [-0.15, -0.1) is 0 Å². The molecule has 0 atom stereocenters. The molecule has 1 aliphatic rings. The zero-order valence-corrected chi connectivity index (χ0v) is 17.5. The van der Waals surface area contributed by atoms with Gasteiger partial charge in [-0.2, -0.15) is 0 Å². The van der Waals surface area contributed by atoms with Gasteiger partial charge in [-0.3, -0.25) is 0 Å². The largest absolute Gasteiger partial charge is 0.496 e. The second-order valence-corrected chi connectivity index (χ2v) is 7.61. The van der Waals surface area contributed by atoms with Crippen molar-refractivity contribution >= 4 is 28.9 Å². The quantitative estimate of drug-likeness (QED) is 0.520. The number of benzene rings is 3. The van der Waals surface area contributed by atoms with Gasteiger partial charge in [-0.05, 0) is 35.9 Å². The summed E-state index contributed by atoms with van der Waals surface area (Å²) in [5, 5.41) is 7.07. The number of carbonyl (C=O) groups excluding carboxylic acids is 1. The molecular formula is C23H19ClF2N2O3. The smallest absolute Gasteiger partial charge is 0.337 e. The number of hydrogen-bond acceptors (Lipinski definition) is 5. The van der Waals surface area contributed by atoms with Crippen LogP contribution in [0.25, 0.3) is 0 Å². The highest BCUT2D eigenvalue weighted by Crippen LogP contribution is 2.45. The predicted molar refractivity (Wildman–Crippen MR) is 115 cm³/mol. The second-order valence-electron chi connectivity index (χ2n) is 7.18. The number of anilines is 2. The van der Waals surface area contributed by atoms with Crippen molar-refractivity contribution in [3.63, 3.8) is 0 Å². The molecule has 0 unspecified atom stereocenters. The molecule has 3 aromatic carbocycles. The molecule has 8 heteroatoms. The van der Waals surface area contributed by atoms with Crippen molar-refractivity contribution in [2.75, 3.05) is 24.9 Å². The van der Waals surface area contributed by atoms with Gasteiger partial charge in [0, 0.05) is 29.1 Å². The Kier molecular flexibility index (Phi) is 5.45. The van der Waals surface area contributed by atoms with Crippen LogP contribution in [0.4, 0.5) is 20.2 Å². The fourth-order valence-electron chi connectivity index (χ4n) is 3.76. The Morgan fingerprint density at radius 1 is 0.968 bits per heavy atom. The summed E-state index contributed by atoms with van der Waals surface area (Å²) in [6.45, 7) is 0. The molecule has 0 aliphatic carbocycles. The molecular weight excluding hydrogens is 426 g/mol. The predicted octanol–water partition coefficient (Wildman–Crippen LogP) is 5.35. The van der Waals surface area contributed by atoms with Crippen LogP contribution in [0.1, 0.15) is 21.5 Å². The molecule has 1 aliphatic heterocycles. The average molecular weight is 445 g/mol. The summed E-state index contributed by atoms with van der Waals surface area (Å²) in [6.07, 6.45) is 0.365. The van der Waals surface area contributed by atoms with Crippen LogP contribution in [-0.4, -0.2) is 20.2 Å². The molecule has 1 heterocycles. The molecule has 0 amide bonds. The van der Waals surface area contributed by atoms with E-state index in [1.54, 1.807) is 42.5 Å². The van der Waals surface area contributed by atoms with Crippen molar-refractivity contribution in [1.29, 1.82) is 0 Å². The second kappa shape index (κ2) is 8.07. The average Bonchev–Trinajstić information content (AvgIpc) is 3.11. The molecule has 0 radical (unpaired) electrons. The van der Waals surface area contributed by atoms with Crippen LogP contribution >= 0.6 is 11.6 Å². The van der Waals surface area contributed by atoms with Crippen LogP contribution < -0.4 is 15.4 Å². The molecule has 0 aromatic heterocycles. The molecule has 0 bridgehead atoms. The standard InChI is InChI=1S/C23H19ClF2N2O3/c1-30-21-9-15(24)7-8-16(21)23(12-13-3-5-14(6-4-13)22(29)31-2)27-19-10-17(25)18(26)11-20(19)28-23/h3-11,27-28H,12H2,1-2H3. The highest BCUT2D eigenvalue weighted by atomic mass is 35.5. The fourth-order valence-corrected chi connectivity index (χ4v) is 3.93. The van der Waals surface area contributed by atoms with Crippen molar-refractivity contribution < 1.29 is 23.0 Å². The van der Waals surface area contributed by atoms with E-state index < -0.39 is 23.3 Å². The van der Waals surface area contributed by atoms with E-state index in [-0.39, 0.29) is 0 Å². The van der Waals surface area contributed by atoms with Gasteiger partial charge in [0.2, 0.25) is 0 Å². The zero-order valence-electron chi connectivity index (χ0n) is 16.8. The highest BCUT2D eigenvalue weighted by molar-refractivity contribution is 6.30. The van der Waals surface area contributed by atoms with Gasteiger partial charge >= 0.3 is 5.97 Å². The number of nitrogens with one attached hydrogen (secondary N) is 2. The minimum Gasteiger partial charge on any atom is -0.496 e. The number of esters is 1. The summed E-state index contributed by atoms with van der Waals surface area (Å²) in [4.78, 5) is 11.7. The first-order valence-corrected chi connectivity index (χ1v) is 9.79. The lowest BCUT2D eigenvalue weighted by atomic mass is 9.91. The summed E-state index contributed by atoms with van der Waals surface area (Å²) < 4.78 is 38.0. The maximum Gasteiger partial charge on any atom is 0.337 e. The minimum absolute atomic E-state index is 0.365. The molecule has 0 spiro atoms. The van der Waals surface area contributed by atoms with Gasteiger partial charge in [0.15, 0.2) is 11.6 Å². The van der Waals surface area contributed by atoms with Gasteiger partial charge in [-0.25, -0.2) is 13.6 Å². The number of fused-ring (bicyclic) bond motifs is 1. The van der Waals surface area contributed by atoms with Crippen molar-refractivity contribution in [3.8, 4) is 5.75 Å². The summed E-state index contributed by atoms with van der Waals surface area (Å²) in [7, 11) is 2.84. The first-order chi connectivity index (χ1) is 14.8. The van der Waals surface area contributed by atoms with Crippen LogP contribution in [-0.2, 0) is 16.8 Å². The van der Waals surface area contributed by atoms with Gasteiger partial charge in [0.25, 0.3) is 0 Å². The monoisotopic (exact) mass is 444 g/mol. The molecule has 5 nitrogen and oxygen atoms in total. The molecule has 2 N–H and O–H groups in total. The first kappa shape index (κ1) is 20.9. The van der Waals surface area contributed by atoms with E-state index in [2.05, 4.69) is 10.6 Å². The van der Waals surface area contributed by atoms with E-state index in [4.69, 9.17) is 21.1 Å². The summed E-state index contributed by atoms with van der Waals surface area (Å²) in [5.41, 5.74) is 1.84. The summed E-state index contributed by atoms with van der Waals surface area (Å²) in [5.74, 6) is -1.83. The Balaban J connectivity index is 1.79. The number of methoxy groups -OCH3 is 2. The molecule has 0 saturated carbocycles. The molecule has 3 aromatic rings. The third kappa shape index (κ3) is 3.88. The Labute approximate surface area is 182 Å². The van der Waals surface area contributed by atoms with Crippen LogP contribution in [0.3, 0.4) is 0 Å². The Bertz CT molecular complexity index is 1120. The van der Waals surface area contributed by atoms with E-state index in [1.807, 2.05) is 0 Å². The van der Waals surface area contributed by atoms with Crippen molar-refractivity contribution in [3.05, 3.63) is 87.9 Å². The topological polar surface area (TPSA) is 59.6 Å². The normalized spacial score (nSPS) is 13.7. The van der Waals surface area contributed by atoms with E-state index in [0.717, 1.165) is 17.7 Å². The molecule has 4 rings (SSSR count). The molecule has 31 heavy (non-hydrogen) atoms. The lowest BCUT2D eigenvalue weighted by molar-refractivity contribution is 0.0600. The van der Waals surface area contributed by atoms with E-state index in [0.29, 0.717) is 39.7 Å². The maximum absolute atomic E-state index is 13.9. The Morgan fingerprint density at radius 2 is 1.58 bits per heavy atom. The van der Waals surface area contributed by atoms with E-state index in [9.17, 15) is 13.6 Å². The number of hydrogen-bond donors (Lipinski definition) is 2. The van der Waals surface area contributed by atoms with Crippen LogP contribution in [0.2, 0.25) is 5.02 Å². The third-order valence-electron chi connectivity index (χ3n) is 5.22. The first-order valence-electron chi connectivity index (χ1n) is 9.42. The fraction of sp³-hybridized carbons (Fsp3) is 0.174. The maximum atomic E-state index is 13.9. The van der Waals surface area contributed by atoms with Crippen LogP contribution in [0, 0.1) is 11.6 Å². The number of halogens is 3. The molecule has 160 valence electrons. The lowest BCUT2D eigenvalue weighted by Gasteiger charge is -2.33. The van der Waals surface area contributed by atoms with Crippen molar-refractivity contribution in [2.45, 2.75) is 12.1 Å². The summed E-state index contributed by atoms with van der Waals surface area (Å²) >= 11 is 6.14.